The minimum atomic E-state index is -0.421. The van der Waals surface area contributed by atoms with Crippen molar-refractivity contribution >= 4 is 21.5 Å². The van der Waals surface area contributed by atoms with Crippen molar-refractivity contribution in [2.45, 2.75) is 0 Å². The second kappa shape index (κ2) is 5.16. The summed E-state index contributed by atoms with van der Waals surface area (Å²) in [6, 6.07) is 2.86. The smallest absolute Gasteiger partial charge is 0.165 e. The Bertz CT molecular complexity index is 377. The summed E-state index contributed by atoms with van der Waals surface area (Å²) in [4.78, 5) is 0. The summed E-state index contributed by atoms with van der Waals surface area (Å²) in [7, 11) is 2.94. The molecule has 0 aliphatic carbocycles. The summed E-state index contributed by atoms with van der Waals surface area (Å²) in [5.74, 6) is 0.298. The third kappa shape index (κ3) is 2.31. The maximum atomic E-state index is 13.4. The maximum absolute atomic E-state index is 13.4. The normalized spacial score (nSPS) is 9.87. The lowest BCUT2D eigenvalue weighted by Crippen LogP contribution is -1.99. The summed E-state index contributed by atoms with van der Waals surface area (Å²) in [5, 5.41) is 0.531. The topological polar surface area (TPSA) is 18.5 Å². The number of rotatable bonds is 4. The molecule has 2 nitrogen and oxygen atoms in total. The molecule has 0 fully saturated rings. The zero-order valence-electron chi connectivity index (χ0n) is 8.64. The van der Waals surface area contributed by atoms with Gasteiger partial charge < -0.3 is 9.47 Å². The number of hydrogen-bond acceptors (Lipinski definition) is 2. The molecule has 1 rings (SSSR count). The molecule has 0 saturated carbocycles. The number of allylic oxidation sites excluding steroid dienone is 1. The molecule has 1 aromatic carbocycles. The number of benzene rings is 1. The molecule has 82 valence electrons. The van der Waals surface area contributed by atoms with Gasteiger partial charge in [-0.05, 0) is 17.7 Å². The molecule has 0 radical (unpaired) electrons. The minimum Gasteiger partial charge on any atom is -0.496 e. The Morgan fingerprint density at radius 2 is 2.07 bits per heavy atom. The molecule has 0 amide bonds. The van der Waals surface area contributed by atoms with Gasteiger partial charge in [-0.2, -0.15) is 0 Å². The molecule has 0 heterocycles. The van der Waals surface area contributed by atoms with E-state index in [2.05, 4.69) is 22.5 Å². The fourth-order valence-corrected chi connectivity index (χ4v) is 1.59. The van der Waals surface area contributed by atoms with Crippen LogP contribution in [0, 0.1) is 5.82 Å². The van der Waals surface area contributed by atoms with Gasteiger partial charge in [-0.3, -0.25) is 0 Å². The first-order valence-corrected chi connectivity index (χ1v) is 5.42. The van der Waals surface area contributed by atoms with E-state index in [1.54, 1.807) is 6.07 Å². The molecule has 0 aromatic heterocycles. The number of halogens is 2. The van der Waals surface area contributed by atoms with E-state index in [1.807, 2.05) is 0 Å². The Morgan fingerprint density at radius 3 is 2.53 bits per heavy atom. The van der Waals surface area contributed by atoms with Gasteiger partial charge in [0.05, 0.1) is 19.8 Å². The van der Waals surface area contributed by atoms with Crippen LogP contribution in [0.5, 0.6) is 11.5 Å². The van der Waals surface area contributed by atoms with Crippen molar-refractivity contribution in [2.24, 2.45) is 0 Å². The highest BCUT2D eigenvalue weighted by Gasteiger charge is 2.16. The average molecular weight is 275 g/mol. The van der Waals surface area contributed by atoms with E-state index in [9.17, 15) is 4.39 Å². The molecule has 0 bridgehead atoms. The van der Waals surface area contributed by atoms with Crippen LogP contribution in [0.15, 0.2) is 18.7 Å². The molecule has 0 unspecified atom stereocenters. The lowest BCUT2D eigenvalue weighted by atomic mass is 10.1. The van der Waals surface area contributed by atoms with E-state index in [-0.39, 0.29) is 5.75 Å². The van der Waals surface area contributed by atoms with Gasteiger partial charge >= 0.3 is 0 Å². The molecule has 1 aromatic rings. The third-order valence-corrected chi connectivity index (χ3v) is 2.69. The molecule has 15 heavy (non-hydrogen) atoms. The predicted molar refractivity (Wildman–Crippen MR) is 62.3 cm³/mol. The Morgan fingerprint density at radius 1 is 1.40 bits per heavy atom. The van der Waals surface area contributed by atoms with Gasteiger partial charge in [-0.15, -0.1) is 0 Å². The zero-order chi connectivity index (χ0) is 11.4. The Kier molecular flexibility index (Phi) is 4.15. The van der Waals surface area contributed by atoms with Gasteiger partial charge in [0, 0.05) is 5.33 Å². The summed E-state index contributed by atoms with van der Waals surface area (Å²) in [6.45, 7) is 3.83. The van der Waals surface area contributed by atoms with Crippen molar-refractivity contribution in [2.75, 3.05) is 19.5 Å². The van der Waals surface area contributed by atoms with E-state index >= 15 is 0 Å². The molecule has 0 N–H and O–H groups in total. The van der Waals surface area contributed by atoms with E-state index in [0.717, 1.165) is 0 Å². The predicted octanol–water partition coefficient (Wildman–Crippen LogP) is 3.25. The first-order valence-electron chi connectivity index (χ1n) is 4.30. The van der Waals surface area contributed by atoms with Gasteiger partial charge in [0.1, 0.15) is 5.75 Å². The van der Waals surface area contributed by atoms with Crippen LogP contribution in [0.25, 0.3) is 5.57 Å². The van der Waals surface area contributed by atoms with E-state index in [0.29, 0.717) is 22.2 Å². The van der Waals surface area contributed by atoms with Crippen LogP contribution >= 0.6 is 15.9 Å². The molecular weight excluding hydrogens is 263 g/mol. The Balaban J connectivity index is 3.40. The lowest BCUT2D eigenvalue weighted by Gasteiger charge is -2.14. The minimum absolute atomic E-state index is 0.166. The van der Waals surface area contributed by atoms with Crippen LogP contribution in [0.3, 0.4) is 0 Å². The van der Waals surface area contributed by atoms with Crippen LogP contribution in [-0.4, -0.2) is 19.5 Å². The summed E-state index contributed by atoms with van der Waals surface area (Å²) in [5.41, 5.74) is 1.28. The van der Waals surface area contributed by atoms with E-state index in [4.69, 9.17) is 9.47 Å². The number of ether oxygens (including phenoxy) is 2. The van der Waals surface area contributed by atoms with E-state index in [1.165, 1.54) is 20.3 Å². The van der Waals surface area contributed by atoms with Crippen LogP contribution in [0.2, 0.25) is 0 Å². The van der Waals surface area contributed by atoms with Crippen LogP contribution < -0.4 is 9.47 Å². The Hall–Kier alpha value is -1.03. The monoisotopic (exact) mass is 274 g/mol. The van der Waals surface area contributed by atoms with Gasteiger partial charge in [0.25, 0.3) is 0 Å². The fraction of sp³-hybridized carbons (Fsp3) is 0.273. The molecule has 0 spiro atoms. The molecule has 0 aliphatic heterocycles. The van der Waals surface area contributed by atoms with Crippen LogP contribution in [0.1, 0.15) is 5.56 Å². The quantitative estimate of drug-likeness (QED) is 0.785. The highest BCUT2D eigenvalue weighted by atomic mass is 79.9. The summed E-state index contributed by atoms with van der Waals surface area (Å²) < 4.78 is 23.6. The largest absolute Gasteiger partial charge is 0.496 e. The van der Waals surface area contributed by atoms with Crippen LogP contribution in [-0.2, 0) is 0 Å². The number of hydrogen-bond donors (Lipinski definition) is 0. The van der Waals surface area contributed by atoms with Crippen molar-refractivity contribution < 1.29 is 13.9 Å². The summed E-state index contributed by atoms with van der Waals surface area (Å²) >= 11 is 3.27. The highest BCUT2D eigenvalue weighted by Crippen LogP contribution is 2.36. The van der Waals surface area contributed by atoms with Crippen molar-refractivity contribution in [3.63, 3.8) is 0 Å². The number of alkyl halides is 1. The maximum Gasteiger partial charge on any atom is 0.165 e. The van der Waals surface area contributed by atoms with Crippen molar-refractivity contribution in [1.82, 2.24) is 0 Å². The van der Waals surface area contributed by atoms with Gasteiger partial charge in [-0.1, -0.05) is 22.5 Å². The van der Waals surface area contributed by atoms with Crippen molar-refractivity contribution in [1.29, 1.82) is 0 Å². The van der Waals surface area contributed by atoms with Gasteiger partial charge in [0.15, 0.2) is 11.6 Å². The molecule has 4 heteroatoms. The summed E-state index contributed by atoms with van der Waals surface area (Å²) in [6.07, 6.45) is 0. The molecule has 0 aliphatic rings. The van der Waals surface area contributed by atoms with Gasteiger partial charge in [0.2, 0.25) is 0 Å². The van der Waals surface area contributed by atoms with E-state index < -0.39 is 5.82 Å². The van der Waals surface area contributed by atoms with Crippen molar-refractivity contribution in [3.8, 4) is 11.5 Å². The second-order valence-electron chi connectivity index (χ2n) is 2.90. The second-order valence-corrected chi connectivity index (χ2v) is 3.46. The average Bonchev–Trinajstić information content (AvgIpc) is 2.27. The lowest BCUT2D eigenvalue weighted by molar-refractivity contribution is 0.372. The standard InChI is InChI=1S/C11H12BrFO2/c1-7(6-12)10-9(14-2)5-4-8(13)11(10)15-3/h4-5H,1,6H2,2-3H3. The fourth-order valence-electron chi connectivity index (χ4n) is 1.31. The molecular formula is C11H12BrFO2. The van der Waals surface area contributed by atoms with Crippen LogP contribution in [0.4, 0.5) is 4.39 Å². The zero-order valence-corrected chi connectivity index (χ0v) is 10.2. The Labute approximate surface area is 96.8 Å². The SMILES string of the molecule is C=C(CBr)c1c(OC)ccc(F)c1OC. The van der Waals surface area contributed by atoms with Crippen molar-refractivity contribution in [3.05, 3.63) is 30.1 Å². The first kappa shape index (κ1) is 12.0. The number of methoxy groups -OCH3 is 2. The van der Waals surface area contributed by atoms with Gasteiger partial charge in [-0.25, -0.2) is 4.39 Å². The molecule has 0 atom stereocenters. The molecule has 0 saturated heterocycles. The third-order valence-electron chi connectivity index (χ3n) is 2.01. The highest BCUT2D eigenvalue weighted by molar-refractivity contribution is 9.09. The first-order chi connectivity index (χ1) is 7.15.